The topological polar surface area (TPSA) is 45.7 Å². The normalized spacial score (nSPS) is 10.7. The molecule has 4 nitrogen and oxygen atoms in total. The van der Waals surface area contributed by atoms with Crippen LogP contribution in [0.1, 0.15) is 0 Å². The lowest BCUT2D eigenvalue weighted by molar-refractivity contribution is -0.499. The summed E-state index contributed by atoms with van der Waals surface area (Å²) in [6.45, 7) is 0. The molecule has 4 heteroatoms. The third-order valence-corrected chi connectivity index (χ3v) is 2.26. The highest BCUT2D eigenvalue weighted by Crippen LogP contribution is 2.08. The molecule has 0 spiro atoms. The average Bonchev–Trinajstić information content (AvgIpc) is 2.74. The lowest BCUT2D eigenvalue weighted by atomic mass is 10.3. The van der Waals surface area contributed by atoms with Gasteiger partial charge in [0.25, 0.3) is 5.65 Å². The Bertz CT molecular complexity index is 586. The SMILES string of the molecule is c1ccc(-c2n[nH]c3cccc[n+]23)nc1. The van der Waals surface area contributed by atoms with Gasteiger partial charge in [0.2, 0.25) is 0 Å². The molecule has 0 unspecified atom stereocenters. The number of nitrogens with one attached hydrogen (secondary N) is 1. The molecule has 3 aromatic rings. The summed E-state index contributed by atoms with van der Waals surface area (Å²) in [6.07, 6.45) is 3.72. The third kappa shape index (κ3) is 1.27. The fourth-order valence-electron chi connectivity index (χ4n) is 1.56. The number of aromatic nitrogens is 4. The average molecular weight is 197 g/mol. The van der Waals surface area contributed by atoms with Crippen molar-refractivity contribution in [2.75, 3.05) is 0 Å². The summed E-state index contributed by atoms with van der Waals surface area (Å²) in [5, 5.41) is 7.20. The maximum absolute atomic E-state index is 4.27. The van der Waals surface area contributed by atoms with Crippen molar-refractivity contribution in [3.63, 3.8) is 0 Å². The molecule has 0 radical (unpaired) electrons. The van der Waals surface area contributed by atoms with Gasteiger partial charge in [-0.25, -0.2) is 4.98 Å². The van der Waals surface area contributed by atoms with Crippen molar-refractivity contribution in [1.29, 1.82) is 0 Å². The van der Waals surface area contributed by atoms with Crippen LogP contribution in [0.5, 0.6) is 0 Å². The van der Waals surface area contributed by atoms with Gasteiger partial charge in [-0.2, -0.15) is 4.40 Å². The summed E-state index contributed by atoms with van der Waals surface area (Å²) in [5.74, 6) is 0.825. The van der Waals surface area contributed by atoms with Crippen LogP contribution in [0.15, 0.2) is 48.8 Å². The molecule has 0 fully saturated rings. The molecule has 0 atom stereocenters. The molecule has 0 bridgehead atoms. The first-order chi connectivity index (χ1) is 7.45. The van der Waals surface area contributed by atoms with E-state index in [2.05, 4.69) is 15.2 Å². The van der Waals surface area contributed by atoms with Gasteiger partial charge in [-0.15, -0.1) is 5.10 Å². The van der Waals surface area contributed by atoms with E-state index in [1.807, 2.05) is 47.0 Å². The first-order valence-corrected chi connectivity index (χ1v) is 4.71. The maximum atomic E-state index is 4.27. The molecule has 3 rings (SSSR count). The van der Waals surface area contributed by atoms with E-state index in [-0.39, 0.29) is 0 Å². The zero-order valence-corrected chi connectivity index (χ0v) is 7.96. The summed E-state index contributed by atoms with van der Waals surface area (Å²) in [6, 6.07) is 11.7. The van der Waals surface area contributed by atoms with Crippen molar-refractivity contribution in [3.8, 4) is 11.5 Å². The van der Waals surface area contributed by atoms with Crippen LogP contribution < -0.4 is 4.40 Å². The molecule has 0 aliphatic rings. The molecular weight excluding hydrogens is 188 g/mol. The van der Waals surface area contributed by atoms with Crippen LogP contribution in [0.2, 0.25) is 0 Å². The summed E-state index contributed by atoms with van der Waals surface area (Å²) in [4.78, 5) is 4.27. The van der Waals surface area contributed by atoms with Crippen LogP contribution in [0.4, 0.5) is 0 Å². The van der Waals surface area contributed by atoms with Gasteiger partial charge >= 0.3 is 5.82 Å². The Kier molecular flexibility index (Phi) is 1.71. The van der Waals surface area contributed by atoms with Crippen molar-refractivity contribution in [2.45, 2.75) is 0 Å². The minimum absolute atomic E-state index is 0.825. The van der Waals surface area contributed by atoms with E-state index in [9.17, 15) is 0 Å². The van der Waals surface area contributed by atoms with Crippen molar-refractivity contribution in [1.82, 2.24) is 15.2 Å². The van der Waals surface area contributed by atoms with Gasteiger partial charge in [-0.05, 0) is 18.2 Å². The van der Waals surface area contributed by atoms with Crippen molar-refractivity contribution in [3.05, 3.63) is 48.8 Å². The highest BCUT2D eigenvalue weighted by molar-refractivity contribution is 5.46. The molecule has 0 aliphatic heterocycles. The Labute approximate surface area is 86.2 Å². The predicted octanol–water partition coefficient (Wildman–Crippen LogP) is 1.21. The Morgan fingerprint density at radius 3 is 2.87 bits per heavy atom. The van der Waals surface area contributed by atoms with E-state index in [1.165, 1.54) is 0 Å². The van der Waals surface area contributed by atoms with Gasteiger partial charge in [-0.1, -0.05) is 12.1 Å². The van der Waals surface area contributed by atoms with Crippen molar-refractivity contribution < 1.29 is 4.40 Å². The Balaban J connectivity index is 2.28. The van der Waals surface area contributed by atoms with E-state index < -0.39 is 0 Å². The lowest BCUT2D eigenvalue weighted by Gasteiger charge is -1.90. The molecule has 1 N–H and O–H groups in total. The van der Waals surface area contributed by atoms with Gasteiger partial charge < -0.3 is 0 Å². The fourth-order valence-corrected chi connectivity index (χ4v) is 1.56. The molecule has 3 aromatic heterocycles. The molecule has 0 aliphatic carbocycles. The smallest absolute Gasteiger partial charge is 0.250 e. The van der Waals surface area contributed by atoms with E-state index >= 15 is 0 Å². The number of hydrogen-bond acceptors (Lipinski definition) is 2. The number of rotatable bonds is 1. The Morgan fingerprint density at radius 2 is 2.00 bits per heavy atom. The summed E-state index contributed by atoms with van der Waals surface area (Å²) >= 11 is 0. The summed E-state index contributed by atoms with van der Waals surface area (Å²) < 4.78 is 1.97. The zero-order valence-electron chi connectivity index (χ0n) is 7.96. The molecule has 15 heavy (non-hydrogen) atoms. The largest absolute Gasteiger partial charge is 0.332 e. The van der Waals surface area contributed by atoms with Gasteiger partial charge in [0, 0.05) is 17.4 Å². The maximum Gasteiger partial charge on any atom is 0.332 e. The van der Waals surface area contributed by atoms with E-state index in [4.69, 9.17) is 0 Å². The second-order valence-corrected chi connectivity index (χ2v) is 3.22. The molecule has 0 amide bonds. The number of H-pyrrole nitrogens is 1. The minimum Gasteiger partial charge on any atom is -0.250 e. The van der Waals surface area contributed by atoms with Gasteiger partial charge in [-0.3, -0.25) is 0 Å². The Morgan fingerprint density at radius 1 is 1.07 bits per heavy atom. The molecular formula is C11H9N4+. The highest BCUT2D eigenvalue weighted by Gasteiger charge is 2.15. The third-order valence-electron chi connectivity index (χ3n) is 2.26. The number of nitrogens with zero attached hydrogens (tertiary/aromatic N) is 3. The second kappa shape index (κ2) is 3.16. The fraction of sp³-hybridized carbons (Fsp3) is 0. The number of hydrogen-bond donors (Lipinski definition) is 1. The standard InChI is InChI=1S/C11H8N4/c1-3-7-12-9(5-1)11-14-13-10-6-2-4-8-15(10)11/h1-8H/p+1. The van der Waals surface area contributed by atoms with E-state index in [1.54, 1.807) is 6.20 Å². The number of fused-ring (bicyclic) bond motifs is 1. The van der Waals surface area contributed by atoms with Crippen LogP contribution in [-0.2, 0) is 0 Å². The number of pyridine rings is 2. The summed E-state index contributed by atoms with van der Waals surface area (Å²) in [5.41, 5.74) is 1.82. The minimum atomic E-state index is 0.825. The van der Waals surface area contributed by atoms with Crippen LogP contribution in [-0.4, -0.2) is 15.2 Å². The number of aromatic amines is 1. The lowest BCUT2D eigenvalue weighted by Crippen LogP contribution is -2.21. The molecule has 0 saturated carbocycles. The van der Waals surface area contributed by atoms with Gasteiger partial charge in [0.05, 0.1) is 6.20 Å². The van der Waals surface area contributed by atoms with Gasteiger partial charge in [0.15, 0.2) is 0 Å². The quantitative estimate of drug-likeness (QED) is 0.596. The Hall–Kier alpha value is -2.23. The van der Waals surface area contributed by atoms with Crippen molar-refractivity contribution >= 4 is 5.65 Å². The van der Waals surface area contributed by atoms with E-state index in [0.29, 0.717) is 0 Å². The first-order valence-electron chi connectivity index (χ1n) is 4.71. The van der Waals surface area contributed by atoms with Gasteiger partial charge in [0.1, 0.15) is 5.69 Å². The summed E-state index contributed by atoms with van der Waals surface area (Å²) in [7, 11) is 0. The van der Waals surface area contributed by atoms with E-state index in [0.717, 1.165) is 17.2 Å². The zero-order chi connectivity index (χ0) is 10.1. The molecule has 72 valence electrons. The second-order valence-electron chi connectivity index (χ2n) is 3.22. The van der Waals surface area contributed by atoms with Crippen LogP contribution in [0, 0.1) is 0 Å². The van der Waals surface area contributed by atoms with Crippen LogP contribution in [0.3, 0.4) is 0 Å². The monoisotopic (exact) mass is 197 g/mol. The van der Waals surface area contributed by atoms with Crippen molar-refractivity contribution in [2.24, 2.45) is 0 Å². The molecule has 0 aromatic carbocycles. The van der Waals surface area contributed by atoms with Crippen LogP contribution >= 0.6 is 0 Å². The predicted molar refractivity (Wildman–Crippen MR) is 55.0 cm³/mol. The first kappa shape index (κ1) is 8.11. The molecule has 3 heterocycles. The highest BCUT2D eigenvalue weighted by atomic mass is 15.2. The van der Waals surface area contributed by atoms with Crippen LogP contribution in [0.25, 0.3) is 17.2 Å². The molecule has 0 saturated heterocycles.